The molecule has 8 rings (SSSR count). The molecule has 5 aromatic rings. The van der Waals surface area contributed by atoms with E-state index in [0.29, 0.717) is 40.4 Å². The van der Waals surface area contributed by atoms with Gasteiger partial charge in [0.25, 0.3) is 0 Å². The average molecular weight is 579 g/mol. The van der Waals surface area contributed by atoms with Gasteiger partial charge in [-0.05, 0) is 79.3 Å². The largest absolute Gasteiger partial charge is 0.457 e. The van der Waals surface area contributed by atoms with Crippen LogP contribution in [0.1, 0.15) is 32.6 Å². The number of benzene rings is 3. The Morgan fingerprint density at radius 1 is 0.930 bits per heavy atom. The molecular formula is C35H29F3N4O. The number of hydrogen-bond donors (Lipinski definition) is 2. The smallest absolute Gasteiger partial charge is 0.223 e. The quantitative estimate of drug-likeness (QED) is 0.197. The number of aromatic nitrogens is 2. The number of halogens is 3. The maximum Gasteiger partial charge on any atom is 0.223 e. The minimum absolute atomic E-state index is 0.0356. The summed E-state index contributed by atoms with van der Waals surface area (Å²) in [6.07, 6.45) is 6.02. The number of anilines is 1. The fraction of sp³-hybridized carbons (Fsp3) is 0.257. The summed E-state index contributed by atoms with van der Waals surface area (Å²) >= 11 is 0. The zero-order valence-electron chi connectivity index (χ0n) is 23.5. The third-order valence-electron chi connectivity index (χ3n) is 9.24. The molecule has 3 saturated carbocycles. The molecule has 0 saturated heterocycles. The van der Waals surface area contributed by atoms with E-state index in [9.17, 15) is 8.78 Å². The Balaban J connectivity index is 1.38. The summed E-state index contributed by atoms with van der Waals surface area (Å²) in [4.78, 5) is 11.3. The van der Waals surface area contributed by atoms with Gasteiger partial charge < -0.3 is 15.0 Å². The van der Waals surface area contributed by atoms with Crippen molar-refractivity contribution in [3.63, 3.8) is 0 Å². The molecule has 0 aliphatic heterocycles. The van der Waals surface area contributed by atoms with Crippen LogP contribution in [-0.4, -0.2) is 16.0 Å². The molecule has 2 atom stereocenters. The van der Waals surface area contributed by atoms with Gasteiger partial charge in [-0.1, -0.05) is 37.3 Å². The molecule has 0 amide bonds. The Hall–Kier alpha value is -4.77. The van der Waals surface area contributed by atoms with E-state index >= 15 is 4.39 Å². The van der Waals surface area contributed by atoms with Gasteiger partial charge in [0.05, 0.1) is 17.8 Å². The van der Waals surface area contributed by atoms with E-state index in [1.807, 2.05) is 30.3 Å². The Kier molecular flexibility index (Phi) is 6.81. The third kappa shape index (κ3) is 4.79. The van der Waals surface area contributed by atoms with Crippen molar-refractivity contribution in [1.82, 2.24) is 9.97 Å². The Bertz CT molecular complexity index is 1850. The van der Waals surface area contributed by atoms with E-state index < -0.39 is 17.5 Å². The summed E-state index contributed by atoms with van der Waals surface area (Å²) < 4.78 is 51.5. The lowest BCUT2D eigenvalue weighted by Crippen LogP contribution is -2.47. The van der Waals surface area contributed by atoms with Crippen LogP contribution >= 0.6 is 0 Å². The first-order chi connectivity index (χ1) is 20.9. The molecule has 3 aromatic carbocycles. The topological polar surface area (TPSA) is 54.3 Å². The van der Waals surface area contributed by atoms with Gasteiger partial charge in [0.2, 0.25) is 5.69 Å². The van der Waals surface area contributed by atoms with Crippen molar-refractivity contribution in [3.8, 4) is 33.9 Å². The van der Waals surface area contributed by atoms with Crippen LogP contribution in [0, 0.1) is 41.8 Å². The molecule has 0 radical (unpaired) electrons. The second-order valence-electron chi connectivity index (χ2n) is 11.6. The van der Waals surface area contributed by atoms with Crippen molar-refractivity contribution in [2.24, 2.45) is 17.8 Å². The summed E-state index contributed by atoms with van der Waals surface area (Å²) in [6, 6.07) is 18.2. The molecule has 0 spiro atoms. The highest BCUT2D eigenvalue weighted by atomic mass is 19.1. The Morgan fingerprint density at radius 3 is 2.33 bits per heavy atom. The van der Waals surface area contributed by atoms with Crippen LogP contribution in [0.5, 0.6) is 11.5 Å². The number of hydrogen-bond acceptors (Lipinski definition) is 3. The first-order valence-electron chi connectivity index (χ1n) is 14.6. The fourth-order valence-corrected chi connectivity index (χ4v) is 7.03. The van der Waals surface area contributed by atoms with Crippen molar-refractivity contribution in [2.45, 2.75) is 38.6 Å². The number of fused-ring (bicyclic) bond motifs is 4. The van der Waals surface area contributed by atoms with Crippen LogP contribution in [0.3, 0.4) is 0 Å². The van der Waals surface area contributed by atoms with E-state index in [-0.39, 0.29) is 39.7 Å². The molecular weight excluding hydrogens is 549 g/mol. The van der Waals surface area contributed by atoms with Gasteiger partial charge in [-0.25, -0.2) is 23.0 Å². The van der Waals surface area contributed by atoms with Crippen molar-refractivity contribution in [2.75, 3.05) is 5.32 Å². The van der Waals surface area contributed by atoms with Crippen LogP contribution in [0.15, 0.2) is 72.9 Å². The van der Waals surface area contributed by atoms with E-state index in [1.54, 1.807) is 24.3 Å². The van der Waals surface area contributed by atoms with Gasteiger partial charge in [-0.15, -0.1) is 0 Å². The zero-order chi connectivity index (χ0) is 29.7. The number of nitrogens with zero attached hydrogens (tertiary/aromatic N) is 2. The van der Waals surface area contributed by atoms with E-state index in [4.69, 9.17) is 11.3 Å². The molecule has 2 bridgehead atoms. The minimum Gasteiger partial charge on any atom is -0.457 e. The predicted molar refractivity (Wildman–Crippen MR) is 162 cm³/mol. The van der Waals surface area contributed by atoms with Crippen molar-refractivity contribution < 1.29 is 17.9 Å². The van der Waals surface area contributed by atoms with Crippen molar-refractivity contribution in [1.29, 1.82) is 0 Å². The SMILES string of the molecule is [C-]#[N+]c1c(-c2c[nH]c3c(F)cc(F)cc23)nc(N[C@@H]2C3CCC(CC3)[C@H]2C)c(F)c1-c1ccc(Oc2ccccc2)cc1. The number of nitrogens with one attached hydrogen (secondary N) is 2. The lowest BCUT2D eigenvalue weighted by Gasteiger charge is -2.47. The predicted octanol–water partition coefficient (Wildman–Crippen LogP) is 9.89. The molecule has 43 heavy (non-hydrogen) atoms. The summed E-state index contributed by atoms with van der Waals surface area (Å²) in [5.74, 6) is 0.437. The fourth-order valence-electron chi connectivity index (χ4n) is 7.03. The molecule has 216 valence electrons. The first-order valence-corrected chi connectivity index (χ1v) is 14.6. The molecule has 3 fully saturated rings. The molecule has 3 aliphatic rings. The van der Waals surface area contributed by atoms with Crippen molar-refractivity contribution >= 4 is 22.4 Å². The minimum atomic E-state index is -0.757. The molecule has 5 nitrogen and oxygen atoms in total. The van der Waals surface area contributed by atoms with E-state index in [0.717, 1.165) is 18.9 Å². The van der Waals surface area contributed by atoms with Crippen LogP contribution in [0.2, 0.25) is 0 Å². The van der Waals surface area contributed by atoms with E-state index in [1.165, 1.54) is 25.1 Å². The normalized spacial score (nSPS) is 21.1. The lowest BCUT2D eigenvalue weighted by atomic mass is 9.62. The lowest BCUT2D eigenvalue weighted by molar-refractivity contribution is 0.0926. The molecule has 8 heteroatoms. The Morgan fingerprint density at radius 2 is 1.63 bits per heavy atom. The van der Waals surface area contributed by atoms with E-state index in [2.05, 4.69) is 27.1 Å². The van der Waals surface area contributed by atoms with Crippen LogP contribution in [0.25, 0.3) is 38.1 Å². The van der Waals surface area contributed by atoms with Gasteiger partial charge in [0.15, 0.2) is 11.6 Å². The zero-order valence-corrected chi connectivity index (χ0v) is 23.5. The maximum atomic E-state index is 16.6. The van der Waals surface area contributed by atoms with Crippen LogP contribution in [-0.2, 0) is 0 Å². The summed E-state index contributed by atoms with van der Waals surface area (Å²) in [5.41, 5.74) is 1.08. The summed E-state index contributed by atoms with van der Waals surface area (Å²) in [6.45, 7) is 10.3. The highest BCUT2D eigenvalue weighted by molar-refractivity contribution is 6.01. The molecule has 3 aliphatic carbocycles. The Labute approximate surface area is 247 Å². The highest BCUT2D eigenvalue weighted by Gasteiger charge is 2.42. The molecule has 0 unspecified atom stereocenters. The maximum absolute atomic E-state index is 16.6. The van der Waals surface area contributed by atoms with Gasteiger partial charge in [0.1, 0.15) is 23.1 Å². The molecule has 2 heterocycles. The first kappa shape index (κ1) is 27.1. The standard InChI is InChI=1S/C35H29F3N4O/c1-19-20-8-10-22(11-9-20)31(19)41-35-30(38)29(21-12-14-25(15-13-21)43-24-6-4-3-5-7-24)34(39-2)33(42-35)27-18-40-32-26(27)16-23(36)17-28(32)37/h3-7,12-20,22,31,40H,8-11H2,1H3,(H,41,42)/t19-,20?,22?,31+/m1/s1. The summed E-state index contributed by atoms with van der Waals surface area (Å²) in [5, 5.41) is 3.67. The monoisotopic (exact) mass is 578 g/mol. The van der Waals surface area contributed by atoms with Crippen LogP contribution < -0.4 is 10.1 Å². The second-order valence-corrected chi connectivity index (χ2v) is 11.6. The van der Waals surface area contributed by atoms with Gasteiger partial charge in [0, 0.05) is 34.8 Å². The number of ether oxygens (including phenoxy) is 1. The van der Waals surface area contributed by atoms with Crippen LogP contribution in [0.4, 0.5) is 24.7 Å². The third-order valence-corrected chi connectivity index (χ3v) is 9.24. The average Bonchev–Trinajstić information content (AvgIpc) is 3.44. The number of aromatic amines is 1. The number of H-pyrrole nitrogens is 1. The number of pyridine rings is 1. The van der Waals surface area contributed by atoms with Crippen molar-refractivity contribution in [3.05, 3.63) is 102 Å². The second kappa shape index (κ2) is 10.8. The summed E-state index contributed by atoms with van der Waals surface area (Å²) in [7, 11) is 0. The number of para-hydroxylation sites is 1. The number of rotatable bonds is 6. The van der Waals surface area contributed by atoms with Gasteiger partial charge >= 0.3 is 0 Å². The van der Waals surface area contributed by atoms with Gasteiger partial charge in [-0.3, -0.25) is 0 Å². The molecule has 2 aromatic heterocycles. The molecule has 2 N–H and O–H groups in total. The highest BCUT2D eigenvalue weighted by Crippen LogP contribution is 2.48. The van der Waals surface area contributed by atoms with Gasteiger partial charge in [-0.2, -0.15) is 0 Å².